The quantitative estimate of drug-likeness (QED) is 0.194. The average Bonchev–Trinajstić information content (AvgIpc) is 3.51. The molecule has 0 unspecified atom stereocenters. The molecule has 0 aliphatic heterocycles. The number of pyridine rings is 1. The van der Waals surface area contributed by atoms with Crippen LogP contribution in [0.15, 0.2) is 170 Å². The number of aromatic nitrogens is 1. The fourth-order valence-corrected chi connectivity index (χ4v) is 7.66. The highest BCUT2D eigenvalue weighted by Crippen LogP contribution is 2.42. The average molecular weight is 605 g/mol. The lowest BCUT2D eigenvalue weighted by molar-refractivity contribution is 1.20. The molecule has 0 saturated heterocycles. The van der Waals surface area contributed by atoms with E-state index in [2.05, 4.69) is 169 Å². The fourth-order valence-electron chi connectivity index (χ4n) is 6.59. The molecule has 0 spiro atoms. The Bertz CT molecular complexity index is 2520. The summed E-state index contributed by atoms with van der Waals surface area (Å²) < 4.78 is 2.48. The molecule has 0 aliphatic rings. The molecule has 2 heterocycles. The molecule has 0 N–H and O–H groups in total. The zero-order valence-electron chi connectivity index (χ0n) is 25.0. The molecule has 9 aromatic rings. The normalized spacial score (nSPS) is 11.5. The van der Waals surface area contributed by atoms with E-state index >= 15 is 0 Å². The smallest absolute Gasteiger partial charge is 0.138 e. The Morgan fingerprint density at radius 1 is 0.413 bits per heavy atom. The second-order valence-corrected chi connectivity index (χ2v) is 12.7. The van der Waals surface area contributed by atoms with E-state index in [0.29, 0.717) is 0 Å². The molecule has 216 valence electrons. The molecule has 3 heteroatoms. The third-order valence-electron chi connectivity index (χ3n) is 8.88. The van der Waals surface area contributed by atoms with E-state index in [0.717, 1.165) is 17.2 Å². The summed E-state index contributed by atoms with van der Waals surface area (Å²) in [5, 5.41) is 7.47. The van der Waals surface area contributed by atoms with Crippen molar-refractivity contribution in [3.05, 3.63) is 170 Å². The first-order chi connectivity index (χ1) is 22.8. The van der Waals surface area contributed by atoms with Gasteiger partial charge in [-0.1, -0.05) is 121 Å². The molecule has 0 amide bonds. The first kappa shape index (κ1) is 26.6. The molecule has 0 saturated carbocycles. The molecule has 0 atom stereocenters. The molecule has 0 aliphatic carbocycles. The topological polar surface area (TPSA) is 16.1 Å². The van der Waals surface area contributed by atoms with Crippen LogP contribution in [0.1, 0.15) is 0 Å². The Hall–Kier alpha value is -5.77. The lowest BCUT2D eigenvalue weighted by Crippen LogP contribution is -2.11. The minimum atomic E-state index is 0.896. The number of thiophene rings is 1. The van der Waals surface area contributed by atoms with E-state index in [-0.39, 0.29) is 0 Å². The van der Waals surface area contributed by atoms with E-state index in [1.165, 1.54) is 64.0 Å². The molecule has 7 aromatic carbocycles. The van der Waals surface area contributed by atoms with E-state index in [1.807, 2.05) is 17.5 Å². The summed E-state index contributed by atoms with van der Waals surface area (Å²) in [6.07, 6.45) is 2.04. The van der Waals surface area contributed by atoms with Gasteiger partial charge in [0.05, 0.1) is 4.70 Å². The molecule has 2 aromatic heterocycles. The molecule has 0 bridgehead atoms. The third kappa shape index (κ3) is 4.61. The molecule has 2 nitrogen and oxygen atoms in total. The van der Waals surface area contributed by atoms with Crippen LogP contribution in [-0.2, 0) is 0 Å². The number of benzene rings is 7. The number of anilines is 3. The van der Waals surface area contributed by atoms with Crippen molar-refractivity contribution in [3.63, 3.8) is 0 Å². The largest absolute Gasteiger partial charge is 0.295 e. The van der Waals surface area contributed by atoms with Gasteiger partial charge in [0, 0.05) is 33.0 Å². The first-order valence-corrected chi connectivity index (χ1v) is 16.4. The van der Waals surface area contributed by atoms with Crippen LogP contribution in [0.5, 0.6) is 0 Å². The Kier molecular flexibility index (Phi) is 6.36. The van der Waals surface area contributed by atoms with Gasteiger partial charge in [0.25, 0.3) is 0 Å². The van der Waals surface area contributed by atoms with Crippen LogP contribution in [0.25, 0.3) is 64.0 Å². The second-order valence-electron chi connectivity index (χ2n) is 11.7. The van der Waals surface area contributed by atoms with Gasteiger partial charge in [0.15, 0.2) is 0 Å². The number of hydrogen-bond acceptors (Lipinski definition) is 3. The number of nitrogens with zero attached hydrogens (tertiary/aromatic N) is 2. The zero-order chi connectivity index (χ0) is 30.5. The van der Waals surface area contributed by atoms with E-state index in [1.54, 1.807) is 0 Å². The SMILES string of the molecule is c1ccc(-c2ccc(N(c3ccc4cc(-c5ccccc5)ccc4c3)c3cc4c(cn3)sc3ccc5ccccc5c34)cc2)cc1. The lowest BCUT2D eigenvalue weighted by atomic mass is 10.0. The maximum Gasteiger partial charge on any atom is 0.138 e. The number of hydrogen-bond donors (Lipinski definition) is 0. The van der Waals surface area contributed by atoms with Crippen molar-refractivity contribution in [1.82, 2.24) is 4.98 Å². The highest BCUT2D eigenvalue weighted by molar-refractivity contribution is 7.26. The van der Waals surface area contributed by atoms with Crippen molar-refractivity contribution in [1.29, 1.82) is 0 Å². The fraction of sp³-hybridized carbons (Fsp3) is 0. The summed E-state index contributed by atoms with van der Waals surface area (Å²) in [5.41, 5.74) is 6.98. The highest BCUT2D eigenvalue weighted by atomic mass is 32.1. The molecular weight excluding hydrogens is 577 g/mol. The molecule has 0 radical (unpaired) electrons. The van der Waals surface area contributed by atoms with Gasteiger partial charge >= 0.3 is 0 Å². The van der Waals surface area contributed by atoms with Crippen LogP contribution in [0.4, 0.5) is 17.2 Å². The number of fused-ring (bicyclic) bond motifs is 6. The molecular formula is C43H28N2S. The third-order valence-corrected chi connectivity index (χ3v) is 9.99. The van der Waals surface area contributed by atoms with Gasteiger partial charge in [0.2, 0.25) is 0 Å². The number of rotatable bonds is 5. The van der Waals surface area contributed by atoms with Gasteiger partial charge < -0.3 is 0 Å². The molecule has 9 rings (SSSR count). The summed E-state index contributed by atoms with van der Waals surface area (Å²) in [4.78, 5) is 7.37. The summed E-state index contributed by atoms with van der Waals surface area (Å²) in [6, 6.07) is 58.8. The van der Waals surface area contributed by atoms with Gasteiger partial charge in [-0.05, 0) is 86.3 Å². The van der Waals surface area contributed by atoms with Gasteiger partial charge in [-0.15, -0.1) is 11.3 Å². The second kappa shape index (κ2) is 11.0. The van der Waals surface area contributed by atoms with E-state index in [4.69, 9.17) is 4.98 Å². The molecule has 0 fully saturated rings. The summed E-state index contributed by atoms with van der Waals surface area (Å²) in [5.74, 6) is 0.896. The predicted octanol–water partition coefficient (Wildman–Crippen LogP) is 12.6. The van der Waals surface area contributed by atoms with Crippen LogP contribution in [0.3, 0.4) is 0 Å². The Balaban J connectivity index is 1.22. The van der Waals surface area contributed by atoms with Crippen molar-refractivity contribution in [2.24, 2.45) is 0 Å². The van der Waals surface area contributed by atoms with Crippen LogP contribution < -0.4 is 4.90 Å². The monoisotopic (exact) mass is 604 g/mol. The maximum absolute atomic E-state index is 5.09. The van der Waals surface area contributed by atoms with Gasteiger partial charge in [-0.3, -0.25) is 4.90 Å². The summed E-state index contributed by atoms with van der Waals surface area (Å²) >= 11 is 1.81. The minimum absolute atomic E-state index is 0.896. The van der Waals surface area contributed by atoms with Crippen LogP contribution in [0, 0.1) is 0 Å². The minimum Gasteiger partial charge on any atom is -0.295 e. The van der Waals surface area contributed by atoms with E-state index < -0.39 is 0 Å². The van der Waals surface area contributed by atoms with Crippen molar-refractivity contribution in [3.8, 4) is 22.3 Å². The Labute approximate surface area is 271 Å². The zero-order valence-corrected chi connectivity index (χ0v) is 25.8. The predicted molar refractivity (Wildman–Crippen MR) is 198 cm³/mol. The summed E-state index contributed by atoms with van der Waals surface area (Å²) in [7, 11) is 0. The Morgan fingerprint density at radius 3 is 1.83 bits per heavy atom. The Morgan fingerprint density at radius 2 is 1.02 bits per heavy atom. The highest BCUT2D eigenvalue weighted by Gasteiger charge is 2.18. The van der Waals surface area contributed by atoms with Crippen molar-refractivity contribution in [2.45, 2.75) is 0 Å². The van der Waals surface area contributed by atoms with Crippen LogP contribution in [-0.4, -0.2) is 4.98 Å². The van der Waals surface area contributed by atoms with Crippen molar-refractivity contribution in [2.75, 3.05) is 4.90 Å². The van der Waals surface area contributed by atoms with E-state index in [9.17, 15) is 0 Å². The van der Waals surface area contributed by atoms with Gasteiger partial charge in [0.1, 0.15) is 5.82 Å². The lowest BCUT2D eigenvalue weighted by Gasteiger charge is -2.25. The maximum atomic E-state index is 5.09. The summed E-state index contributed by atoms with van der Waals surface area (Å²) in [6.45, 7) is 0. The van der Waals surface area contributed by atoms with Crippen LogP contribution in [0.2, 0.25) is 0 Å². The van der Waals surface area contributed by atoms with Gasteiger partial charge in [-0.2, -0.15) is 0 Å². The first-order valence-electron chi connectivity index (χ1n) is 15.5. The van der Waals surface area contributed by atoms with Crippen molar-refractivity contribution >= 4 is 70.2 Å². The molecule has 46 heavy (non-hydrogen) atoms. The van der Waals surface area contributed by atoms with Crippen molar-refractivity contribution < 1.29 is 0 Å². The standard InChI is InChI=1S/C43H28N2S/c1-3-9-29(10-4-1)31-17-21-36(22-18-31)45(37-23-19-34-25-33(15-16-35(34)26-37)30-11-5-2-6-12-30)42-27-39-41(28-44-42)46-40-24-20-32-13-7-8-14-38(32)43(39)40/h1-28H. The van der Waals surface area contributed by atoms with Gasteiger partial charge in [-0.25, -0.2) is 4.98 Å². The van der Waals surface area contributed by atoms with Crippen LogP contribution >= 0.6 is 11.3 Å².